The zero-order chi connectivity index (χ0) is 18.1. The Morgan fingerprint density at radius 1 is 1.15 bits per heavy atom. The first-order chi connectivity index (χ1) is 12.6. The fourth-order valence-electron chi connectivity index (χ4n) is 2.75. The predicted molar refractivity (Wildman–Crippen MR) is 106 cm³/mol. The van der Waals surface area contributed by atoms with Gasteiger partial charge >= 0.3 is 0 Å². The molecule has 5 nitrogen and oxygen atoms in total. The molecule has 0 aliphatic heterocycles. The summed E-state index contributed by atoms with van der Waals surface area (Å²) in [5, 5.41) is 7.74. The minimum atomic E-state index is -0.118. The van der Waals surface area contributed by atoms with E-state index in [4.69, 9.17) is 0 Å². The molecule has 3 heterocycles. The first-order valence-electron chi connectivity index (χ1n) is 8.39. The second-order valence-corrected chi connectivity index (χ2v) is 7.89. The van der Waals surface area contributed by atoms with Crippen molar-refractivity contribution >= 4 is 33.5 Å². The molecule has 4 aromatic rings. The zero-order valence-electron chi connectivity index (χ0n) is 14.5. The largest absolute Gasteiger partial charge is 0.345 e. The van der Waals surface area contributed by atoms with Gasteiger partial charge in [-0.3, -0.25) is 9.20 Å². The second-order valence-electron chi connectivity index (χ2n) is 5.99. The normalized spacial score (nSPS) is 11.2. The molecule has 0 spiro atoms. The summed E-state index contributed by atoms with van der Waals surface area (Å²) in [6.45, 7) is 4.53. The molecule has 1 N–H and O–H groups in total. The number of amides is 1. The highest BCUT2D eigenvalue weighted by molar-refractivity contribution is 7.15. The SMILES string of the molecule is CCc1ccc(-c2cn3c(C(=O)NCc4csc(C)n4)csc3n2)cc1. The molecule has 1 aromatic carbocycles. The van der Waals surface area contributed by atoms with Crippen LogP contribution >= 0.6 is 22.7 Å². The van der Waals surface area contributed by atoms with E-state index in [1.165, 1.54) is 16.9 Å². The van der Waals surface area contributed by atoms with Gasteiger partial charge in [0.2, 0.25) is 0 Å². The lowest BCUT2D eigenvalue weighted by Gasteiger charge is -2.02. The molecule has 0 bridgehead atoms. The third-order valence-corrected chi connectivity index (χ3v) is 5.86. The molecule has 0 aliphatic rings. The smallest absolute Gasteiger partial charge is 0.269 e. The van der Waals surface area contributed by atoms with Crippen LogP contribution in [0.5, 0.6) is 0 Å². The van der Waals surface area contributed by atoms with Crippen molar-refractivity contribution in [3.05, 3.63) is 63.2 Å². The molecular weight excluding hydrogens is 364 g/mol. The lowest BCUT2D eigenvalue weighted by molar-refractivity contribution is 0.0945. The minimum absolute atomic E-state index is 0.118. The van der Waals surface area contributed by atoms with Crippen LogP contribution in [-0.4, -0.2) is 20.3 Å². The standard InChI is InChI=1S/C19H18N4OS2/c1-3-13-4-6-14(7-5-13)16-9-23-17(11-26-19(23)22-16)18(24)20-8-15-10-25-12(2)21-15/h4-7,9-11H,3,8H2,1-2H3,(H,20,24). The monoisotopic (exact) mass is 382 g/mol. The molecule has 0 radical (unpaired) electrons. The average molecular weight is 383 g/mol. The Hall–Kier alpha value is -2.51. The number of aryl methyl sites for hydroxylation is 2. The first-order valence-corrected chi connectivity index (χ1v) is 10.1. The van der Waals surface area contributed by atoms with E-state index in [9.17, 15) is 4.79 Å². The number of carbonyl (C=O) groups is 1. The second kappa shape index (κ2) is 7.01. The molecule has 1 amide bonds. The number of hydrogen-bond donors (Lipinski definition) is 1. The summed E-state index contributed by atoms with van der Waals surface area (Å²) in [5.74, 6) is -0.118. The Morgan fingerprint density at radius 3 is 2.65 bits per heavy atom. The van der Waals surface area contributed by atoms with Gasteiger partial charge in [0.1, 0.15) is 5.69 Å². The number of rotatable bonds is 5. The lowest BCUT2D eigenvalue weighted by atomic mass is 10.1. The van der Waals surface area contributed by atoms with E-state index in [1.807, 2.05) is 28.3 Å². The van der Waals surface area contributed by atoms with Gasteiger partial charge in [0.05, 0.1) is 22.9 Å². The van der Waals surface area contributed by atoms with Crippen LogP contribution in [0.15, 0.2) is 41.2 Å². The van der Waals surface area contributed by atoms with Crippen LogP contribution < -0.4 is 5.32 Å². The maximum Gasteiger partial charge on any atom is 0.269 e. The van der Waals surface area contributed by atoms with E-state index in [0.29, 0.717) is 12.2 Å². The summed E-state index contributed by atoms with van der Waals surface area (Å²) in [7, 11) is 0. The quantitative estimate of drug-likeness (QED) is 0.559. The highest BCUT2D eigenvalue weighted by Crippen LogP contribution is 2.24. The van der Waals surface area contributed by atoms with Gasteiger partial charge in [-0.1, -0.05) is 31.2 Å². The van der Waals surface area contributed by atoms with E-state index in [0.717, 1.165) is 33.3 Å². The molecule has 0 aliphatic carbocycles. The summed E-state index contributed by atoms with van der Waals surface area (Å²) in [6.07, 6.45) is 2.94. The van der Waals surface area contributed by atoms with Gasteiger partial charge in [-0.25, -0.2) is 9.97 Å². The van der Waals surface area contributed by atoms with Crippen LogP contribution in [-0.2, 0) is 13.0 Å². The first kappa shape index (κ1) is 16.9. The van der Waals surface area contributed by atoms with Crippen molar-refractivity contribution in [3.63, 3.8) is 0 Å². The fraction of sp³-hybridized carbons (Fsp3) is 0.211. The van der Waals surface area contributed by atoms with Gasteiger partial charge in [-0.05, 0) is 18.9 Å². The average Bonchev–Trinajstić information content (AvgIpc) is 3.35. The zero-order valence-corrected chi connectivity index (χ0v) is 16.2. The summed E-state index contributed by atoms with van der Waals surface area (Å²) in [4.78, 5) is 22.4. The highest BCUT2D eigenvalue weighted by Gasteiger charge is 2.15. The summed E-state index contributed by atoms with van der Waals surface area (Å²) in [5.41, 5.74) is 4.72. The number of nitrogens with one attached hydrogen (secondary N) is 1. The lowest BCUT2D eigenvalue weighted by Crippen LogP contribution is -2.24. The van der Waals surface area contributed by atoms with Crippen LogP contribution in [0, 0.1) is 6.92 Å². The molecule has 132 valence electrons. The van der Waals surface area contributed by atoms with Crippen molar-refractivity contribution in [3.8, 4) is 11.3 Å². The maximum atomic E-state index is 12.6. The molecule has 3 aromatic heterocycles. The summed E-state index contributed by atoms with van der Waals surface area (Å²) >= 11 is 3.05. The third-order valence-electron chi connectivity index (χ3n) is 4.20. The van der Waals surface area contributed by atoms with Gasteiger partial charge in [0, 0.05) is 22.5 Å². The van der Waals surface area contributed by atoms with Crippen molar-refractivity contribution in [2.24, 2.45) is 0 Å². The maximum absolute atomic E-state index is 12.6. The Bertz CT molecular complexity index is 1060. The molecule has 0 atom stereocenters. The van der Waals surface area contributed by atoms with E-state index in [2.05, 4.69) is 46.5 Å². The van der Waals surface area contributed by atoms with Gasteiger partial charge in [0.15, 0.2) is 4.96 Å². The fourth-order valence-corrected chi connectivity index (χ4v) is 4.21. The number of imidazole rings is 1. The number of carbonyl (C=O) groups excluding carboxylic acids is 1. The van der Waals surface area contributed by atoms with E-state index in [1.54, 1.807) is 11.3 Å². The number of fused-ring (bicyclic) bond motifs is 1. The van der Waals surface area contributed by atoms with Gasteiger partial charge in [-0.2, -0.15) is 0 Å². The molecule has 0 saturated heterocycles. The Balaban J connectivity index is 1.56. The topological polar surface area (TPSA) is 59.3 Å². The van der Waals surface area contributed by atoms with Crippen molar-refractivity contribution in [1.82, 2.24) is 19.7 Å². The van der Waals surface area contributed by atoms with Crippen molar-refractivity contribution in [2.75, 3.05) is 0 Å². The van der Waals surface area contributed by atoms with E-state index < -0.39 is 0 Å². The van der Waals surface area contributed by atoms with Gasteiger partial charge in [-0.15, -0.1) is 22.7 Å². The Morgan fingerprint density at radius 2 is 1.96 bits per heavy atom. The Kier molecular flexibility index (Phi) is 4.57. The van der Waals surface area contributed by atoms with Crippen molar-refractivity contribution in [2.45, 2.75) is 26.8 Å². The number of thiazole rings is 2. The number of benzene rings is 1. The van der Waals surface area contributed by atoms with Crippen LogP contribution in [0.3, 0.4) is 0 Å². The molecule has 0 unspecified atom stereocenters. The van der Waals surface area contributed by atoms with Crippen LogP contribution in [0.1, 0.15) is 33.7 Å². The number of nitrogens with zero attached hydrogens (tertiary/aromatic N) is 3. The highest BCUT2D eigenvalue weighted by atomic mass is 32.1. The minimum Gasteiger partial charge on any atom is -0.345 e. The Labute approximate surface area is 159 Å². The predicted octanol–water partition coefficient (Wildman–Crippen LogP) is 4.32. The van der Waals surface area contributed by atoms with Crippen molar-refractivity contribution < 1.29 is 4.79 Å². The molecule has 0 fully saturated rings. The van der Waals surface area contributed by atoms with Crippen molar-refractivity contribution in [1.29, 1.82) is 0 Å². The molecule has 26 heavy (non-hydrogen) atoms. The van der Waals surface area contributed by atoms with Gasteiger partial charge in [0.25, 0.3) is 5.91 Å². The van der Waals surface area contributed by atoms with Crippen LogP contribution in [0.2, 0.25) is 0 Å². The van der Waals surface area contributed by atoms with Crippen LogP contribution in [0.25, 0.3) is 16.2 Å². The van der Waals surface area contributed by atoms with Gasteiger partial charge < -0.3 is 5.32 Å². The van der Waals surface area contributed by atoms with Crippen LogP contribution in [0.4, 0.5) is 0 Å². The molecule has 7 heteroatoms. The summed E-state index contributed by atoms with van der Waals surface area (Å²) < 4.78 is 1.86. The molecule has 0 saturated carbocycles. The molecular formula is C19H18N4OS2. The third kappa shape index (κ3) is 3.27. The van der Waals surface area contributed by atoms with E-state index in [-0.39, 0.29) is 5.91 Å². The number of hydrogen-bond acceptors (Lipinski definition) is 5. The van der Waals surface area contributed by atoms with E-state index >= 15 is 0 Å². The number of aromatic nitrogens is 3. The summed E-state index contributed by atoms with van der Waals surface area (Å²) in [6, 6.07) is 8.39. The molecule has 4 rings (SSSR count).